The van der Waals surface area contributed by atoms with Crippen LogP contribution in [0.3, 0.4) is 0 Å². The van der Waals surface area contributed by atoms with E-state index in [2.05, 4.69) is 221 Å². The normalized spacial score (nSPS) is 15.7. The Kier molecular flexibility index (Phi) is 7.74. The highest BCUT2D eigenvalue weighted by Gasteiger charge is 2.43. The Morgan fingerprint density at radius 3 is 1.72 bits per heavy atom. The molecular weight excluding hydrogens is 737 g/mol. The third kappa shape index (κ3) is 5.15. The van der Waals surface area contributed by atoms with Gasteiger partial charge in [0, 0.05) is 27.5 Å². The zero-order valence-electron chi connectivity index (χ0n) is 34.4. The molecule has 0 fully saturated rings. The second-order valence-corrected chi connectivity index (χ2v) is 17.4. The van der Waals surface area contributed by atoms with E-state index < -0.39 is 0 Å². The SMILES string of the molecule is CC1(C)c2cccc(-c3ccc(-c4cc(-c5cccc6c5C(C)(c5ccccc5)c5ccccc5-6)nc(-c5ccccc5)n4)c4ccccc34)c2-c2ccc3ccccc3c21. The van der Waals surface area contributed by atoms with Crippen molar-refractivity contribution in [2.45, 2.75) is 31.6 Å². The summed E-state index contributed by atoms with van der Waals surface area (Å²) in [5.41, 5.74) is 18.8. The van der Waals surface area contributed by atoms with Gasteiger partial charge in [-0.1, -0.05) is 208 Å². The molecule has 1 unspecified atom stereocenters. The van der Waals surface area contributed by atoms with Gasteiger partial charge in [0.1, 0.15) is 0 Å². The van der Waals surface area contributed by atoms with Crippen LogP contribution in [0.15, 0.2) is 200 Å². The van der Waals surface area contributed by atoms with Crippen molar-refractivity contribution >= 4 is 21.5 Å². The molecule has 288 valence electrons. The van der Waals surface area contributed by atoms with Crippen LogP contribution in [0.1, 0.15) is 48.6 Å². The molecule has 0 saturated heterocycles. The van der Waals surface area contributed by atoms with Gasteiger partial charge in [0.15, 0.2) is 5.82 Å². The molecule has 10 aromatic rings. The van der Waals surface area contributed by atoms with Crippen LogP contribution < -0.4 is 0 Å². The Balaban J connectivity index is 1.08. The van der Waals surface area contributed by atoms with Gasteiger partial charge in [-0.2, -0.15) is 0 Å². The van der Waals surface area contributed by atoms with E-state index in [0.717, 1.165) is 33.5 Å². The minimum Gasteiger partial charge on any atom is -0.228 e. The standard InChI is InChI=1S/C59H42N2/c1-58(2)51-31-17-27-46(54(51)49-33-32-37-18-10-11-23-40(37)55(49)58)43-34-35-45(42-25-13-12-24-41(42)43)52-36-53(61-57(60-52)38-19-6-4-7-20-38)48-29-16-28-47-44-26-14-15-30-50(44)59(3,56(47)48)39-21-8-5-9-22-39/h4-36H,1-3H3. The first kappa shape index (κ1) is 35.5. The summed E-state index contributed by atoms with van der Waals surface area (Å²) >= 11 is 0. The average molecular weight is 779 g/mol. The van der Waals surface area contributed by atoms with Crippen LogP contribution in [0, 0.1) is 0 Å². The maximum Gasteiger partial charge on any atom is 0.160 e. The number of aromatic nitrogens is 2. The minimum absolute atomic E-state index is 0.141. The van der Waals surface area contributed by atoms with E-state index in [1.165, 1.54) is 77.4 Å². The molecule has 1 aromatic heterocycles. The van der Waals surface area contributed by atoms with Gasteiger partial charge in [0.25, 0.3) is 0 Å². The monoisotopic (exact) mass is 778 g/mol. The van der Waals surface area contributed by atoms with Gasteiger partial charge in [-0.15, -0.1) is 0 Å². The van der Waals surface area contributed by atoms with Gasteiger partial charge in [-0.3, -0.25) is 0 Å². The fraction of sp³-hybridized carbons (Fsp3) is 0.0847. The summed E-state index contributed by atoms with van der Waals surface area (Å²) in [7, 11) is 0. The highest BCUT2D eigenvalue weighted by Crippen LogP contribution is 2.57. The zero-order chi connectivity index (χ0) is 40.9. The van der Waals surface area contributed by atoms with E-state index in [1.807, 2.05) is 0 Å². The molecule has 2 aliphatic rings. The van der Waals surface area contributed by atoms with E-state index >= 15 is 0 Å². The third-order valence-electron chi connectivity index (χ3n) is 13.8. The predicted molar refractivity (Wildman–Crippen MR) is 254 cm³/mol. The first-order chi connectivity index (χ1) is 29.9. The summed E-state index contributed by atoms with van der Waals surface area (Å²) in [6, 6.07) is 73.0. The maximum atomic E-state index is 5.43. The molecule has 9 aromatic carbocycles. The molecule has 0 spiro atoms. The topological polar surface area (TPSA) is 25.8 Å². The van der Waals surface area contributed by atoms with Gasteiger partial charge in [0.2, 0.25) is 0 Å². The van der Waals surface area contributed by atoms with Crippen molar-refractivity contribution in [3.05, 3.63) is 228 Å². The Morgan fingerprint density at radius 1 is 0.361 bits per heavy atom. The number of nitrogens with zero attached hydrogens (tertiary/aromatic N) is 2. The molecule has 61 heavy (non-hydrogen) atoms. The van der Waals surface area contributed by atoms with Crippen molar-refractivity contribution in [1.29, 1.82) is 0 Å². The lowest BCUT2D eigenvalue weighted by Gasteiger charge is -2.30. The van der Waals surface area contributed by atoms with E-state index in [4.69, 9.17) is 9.97 Å². The minimum atomic E-state index is -0.383. The molecule has 0 radical (unpaired) electrons. The van der Waals surface area contributed by atoms with E-state index in [0.29, 0.717) is 5.82 Å². The molecule has 1 atom stereocenters. The third-order valence-corrected chi connectivity index (χ3v) is 13.8. The fourth-order valence-electron chi connectivity index (χ4n) is 11.0. The Morgan fingerprint density at radius 2 is 0.918 bits per heavy atom. The lowest BCUT2D eigenvalue weighted by molar-refractivity contribution is 0.666. The van der Waals surface area contributed by atoms with Crippen LogP contribution in [-0.2, 0) is 10.8 Å². The smallest absolute Gasteiger partial charge is 0.160 e. The molecular formula is C59H42N2. The van der Waals surface area contributed by atoms with Crippen LogP contribution in [0.5, 0.6) is 0 Å². The molecule has 0 bridgehead atoms. The zero-order valence-corrected chi connectivity index (χ0v) is 34.4. The van der Waals surface area contributed by atoms with Crippen LogP contribution in [0.4, 0.5) is 0 Å². The maximum absolute atomic E-state index is 5.43. The summed E-state index contributed by atoms with van der Waals surface area (Å²) in [6.45, 7) is 7.15. The van der Waals surface area contributed by atoms with Crippen molar-refractivity contribution in [3.8, 4) is 67.3 Å². The van der Waals surface area contributed by atoms with Gasteiger partial charge < -0.3 is 0 Å². The predicted octanol–water partition coefficient (Wildman–Crippen LogP) is 15.1. The Bertz CT molecular complexity index is 3400. The molecule has 0 N–H and O–H groups in total. The van der Waals surface area contributed by atoms with Crippen LogP contribution in [0.25, 0.3) is 88.8 Å². The van der Waals surface area contributed by atoms with Crippen LogP contribution >= 0.6 is 0 Å². The lowest BCUT2D eigenvalue weighted by atomic mass is 9.72. The second kappa shape index (κ2) is 13.3. The molecule has 2 aliphatic carbocycles. The Hall–Kier alpha value is -7.42. The summed E-state index contributed by atoms with van der Waals surface area (Å²) < 4.78 is 0. The quantitative estimate of drug-likeness (QED) is 0.174. The molecule has 12 rings (SSSR count). The first-order valence-corrected chi connectivity index (χ1v) is 21.3. The van der Waals surface area contributed by atoms with E-state index in [1.54, 1.807) is 0 Å². The lowest BCUT2D eigenvalue weighted by Crippen LogP contribution is -2.23. The van der Waals surface area contributed by atoms with Gasteiger partial charge >= 0.3 is 0 Å². The van der Waals surface area contributed by atoms with Crippen molar-refractivity contribution in [2.75, 3.05) is 0 Å². The fourth-order valence-corrected chi connectivity index (χ4v) is 11.0. The van der Waals surface area contributed by atoms with E-state index in [-0.39, 0.29) is 10.8 Å². The van der Waals surface area contributed by atoms with Crippen molar-refractivity contribution in [1.82, 2.24) is 9.97 Å². The van der Waals surface area contributed by atoms with Crippen LogP contribution in [0.2, 0.25) is 0 Å². The average Bonchev–Trinajstić information content (AvgIpc) is 3.73. The van der Waals surface area contributed by atoms with E-state index in [9.17, 15) is 0 Å². The summed E-state index contributed by atoms with van der Waals surface area (Å²) in [4.78, 5) is 10.8. The number of rotatable bonds is 5. The van der Waals surface area contributed by atoms with Crippen molar-refractivity contribution in [2.24, 2.45) is 0 Å². The van der Waals surface area contributed by atoms with Gasteiger partial charge in [-0.05, 0) is 95.7 Å². The molecule has 0 amide bonds. The molecule has 0 saturated carbocycles. The van der Waals surface area contributed by atoms with Gasteiger partial charge in [0.05, 0.1) is 11.4 Å². The second-order valence-electron chi connectivity index (χ2n) is 17.4. The molecule has 2 nitrogen and oxygen atoms in total. The highest BCUT2D eigenvalue weighted by molar-refractivity contribution is 6.09. The summed E-state index contributed by atoms with van der Waals surface area (Å²) in [5, 5.41) is 4.98. The van der Waals surface area contributed by atoms with Gasteiger partial charge in [-0.25, -0.2) is 9.97 Å². The molecule has 1 heterocycles. The van der Waals surface area contributed by atoms with Crippen LogP contribution in [-0.4, -0.2) is 9.97 Å². The Labute approximate surface area is 356 Å². The highest BCUT2D eigenvalue weighted by atomic mass is 14.9. The summed E-state index contributed by atoms with van der Waals surface area (Å²) in [6.07, 6.45) is 0. The number of benzene rings is 9. The number of fused-ring (bicyclic) bond motifs is 9. The summed E-state index contributed by atoms with van der Waals surface area (Å²) in [5.74, 6) is 0.711. The van der Waals surface area contributed by atoms with Crippen molar-refractivity contribution in [3.63, 3.8) is 0 Å². The van der Waals surface area contributed by atoms with Crippen molar-refractivity contribution < 1.29 is 0 Å². The molecule has 0 aliphatic heterocycles. The molecule has 2 heteroatoms. The largest absolute Gasteiger partial charge is 0.228 e. The first-order valence-electron chi connectivity index (χ1n) is 21.3. The number of hydrogen-bond acceptors (Lipinski definition) is 2. The number of hydrogen-bond donors (Lipinski definition) is 0.